The third kappa shape index (κ3) is 4.95. The number of nitrogens with zero attached hydrogens (tertiary/aromatic N) is 1. The van der Waals surface area contributed by atoms with Crippen molar-refractivity contribution in [3.8, 4) is 0 Å². The first-order valence-electron chi connectivity index (χ1n) is 6.24. The molecule has 1 atom stereocenters. The summed E-state index contributed by atoms with van der Waals surface area (Å²) in [5, 5.41) is 2.82. The highest BCUT2D eigenvalue weighted by atomic mass is 32.2. The summed E-state index contributed by atoms with van der Waals surface area (Å²) < 4.78 is 0. The molecule has 0 saturated carbocycles. The van der Waals surface area contributed by atoms with Gasteiger partial charge in [-0.15, -0.1) is 0 Å². The molecule has 0 bridgehead atoms. The van der Waals surface area contributed by atoms with Gasteiger partial charge in [-0.25, -0.2) is 0 Å². The van der Waals surface area contributed by atoms with E-state index in [0.717, 1.165) is 28.8 Å². The van der Waals surface area contributed by atoms with E-state index in [9.17, 15) is 9.59 Å². The van der Waals surface area contributed by atoms with Crippen LogP contribution in [0.15, 0.2) is 29.2 Å². The molecule has 0 saturated heterocycles. The minimum absolute atomic E-state index is 0.00332. The van der Waals surface area contributed by atoms with E-state index in [-0.39, 0.29) is 17.1 Å². The molecule has 2 amide bonds. The Morgan fingerprint density at radius 3 is 2.63 bits per heavy atom. The summed E-state index contributed by atoms with van der Waals surface area (Å²) in [6, 6.07) is 7.32. The molecule has 1 rings (SSSR count). The Hall–Kier alpha value is -1.49. The molecule has 1 aromatic carbocycles. The number of anilines is 1. The van der Waals surface area contributed by atoms with E-state index in [0.29, 0.717) is 0 Å². The zero-order chi connectivity index (χ0) is 14.4. The van der Waals surface area contributed by atoms with Gasteiger partial charge in [0.1, 0.15) is 0 Å². The van der Waals surface area contributed by atoms with E-state index in [1.54, 1.807) is 14.1 Å². The maximum absolute atomic E-state index is 11.8. The zero-order valence-electron chi connectivity index (χ0n) is 11.8. The van der Waals surface area contributed by atoms with Gasteiger partial charge in [0, 0.05) is 30.6 Å². The largest absolute Gasteiger partial charge is 0.339 e. The molecule has 0 fully saturated rings. The minimum atomic E-state index is -0.0367. The SMILES string of the molecule is CCC(C)C(=O)Nc1cccc(SC(=O)N(C)C)c1. The molecule has 19 heavy (non-hydrogen) atoms. The molecule has 0 aliphatic heterocycles. The van der Waals surface area contributed by atoms with Crippen LogP contribution in [-0.2, 0) is 4.79 Å². The predicted octanol–water partition coefficient (Wildman–Crippen LogP) is 3.44. The van der Waals surface area contributed by atoms with Crippen LogP contribution < -0.4 is 5.32 Å². The summed E-state index contributed by atoms with van der Waals surface area (Å²) >= 11 is 1.14. The van der Waals surface area contributed by atoms with Crippen LogP contribution in [0.4, 0.5) is 10.5 Å². The number of rotatable bonds is 4. The van der Waals surface area contributed by atoms with Crippen molar-refractivity contribution >= 4 is 28.6 Å². The molecule has 0 radical (unpaired) electrons. The highest BCUT2D eigenvalue weighted by molar-refractivity contribution is 8.13. The first kappa shape index (κ1) is 15.6. The van der Waals surface area contributed by atoms with Gasteiger partial charge in [0.25, 0.3) is 5.24 Å². The number of nitrogens with one attached hydrogen (secondary N) is 1. The molecule has 4 nitrogen and oxygen atoms in total. The monoisotopic (exact) mass is 280 g/mol. The number of carbonyl (C=O) groups excluding carboxylic acids is 2. The topological polar surface area (TPSA) is 49.4 Å². The van der Waals surface area contributed by atoms with Crippen molar-refractivity contribution in [1.82, 2.24) is 4.90 Å². The number of carbonyl (C=O) groups is 2. The lowest BCUT2D eigenvalue weighted by Gasteiger charge is -2.12. The second-order valence-corrected chi connectivity index (χ2v) is 5.61. The Morgan fingerprint density at radius 2 is 2.05 bits per heavy atom. The van der Waals surface area contributed by atoms with Crippen LogP contribution in [0.3, 0.4) is 0 Å². The van der Waals surface area contributed by atoms with Crippen LogP contribution in [0.2, 0.25) is 0 Å². The van der Waals surface area contributed by atoms with Gasteiger partial charge in [-0.2, -0.15) is 0 Å². The third-order valence-electron chi connectivity index (χ3n) is 2.73. The maximum Gasteiger partial charge on any atom is 0.285 e. The number of benzene rings is 1. The van der Waals surface area contributed by atoms with Gasteiger partial charge in [0.05, 0.1) is 0 Å². The van der Waals surface area contributed by atoms with E-state index in [4.69, 9.17) is 0 Å². The van der Waals surface area contributed by atoms with Gasteiger partial charge in [0.15, 0.2) is 0 Å². The van der Waals surface area contributed by atoms with E-state index in [1.165, 1.54) is 4.90 Å². The normalized spacial score (nSPS) is 11.8. The second kappa shape index (κ2) is 7.19. The first-order chi connectivity index (χ1) is 8.93. The van der Waals surface area contributed by atoms with Gasteiger partial charge in [0.2, 0.25) is 5.91 Å². The lowest BCUT2D eigenvalue weighted by molar-refractivity contribution is -0.119. The van der Waals surface area contributed by atoms with Crippen LogP contribution in [0.25, 0.3) is 0 Å². The van der Waals surface area contributed by atoms with E-state index < -0.39 is 0 Å². The molecular formula is C14H20N2O2S. The van der Waals surface area contributed by atoms with Crippen molar-refractivity contribution in [3.63, 3.8) is 0 Å². The van der Waals surface area contributed by atoms with Gasteiger partial charge < -0.3 is 10.2 Å². The van der Waals surface area contributed by atoms with E-state index >= 15 is 0 Å². The molecular weight excluding hydrogens is 260 g/mol. The van der Waals surface area contributed by atoms with Gasteiger partial charge in [-0.05, 0) is 36.4 Å². The number of hydrogen-bond acceptors (Lipinski definition) is 3. The molecule has 1 N–H and O–H groups in total. The molecule has 0 aromatic heterocycles. The average Bonchev–Trinajstić information content (AvgIpc) is 2.37. The van der Waals surface area contributed by atoms with Gasteiger partial charge in [-0.3, -0.25) is 9.59 Å². The smallest absolute Gasteiger partial charge is 0.285 e. The maximum atomic E-state index is 11.8. The van der Waals surface area contributed by atoms with Crippen molar-refractivity contribution in [2.45, 2.75) is 25.2 Å². The molecule has 0 aliphatic rings. The van der Waals surface area contributed by atoms with E-state index in [2.05, 4.69) is 5.32 Å². The molecule has 5 heteroatoms. The van der Waals surface area contributed by atoms with Gasteiger partial charge >= 0.3 is 0 Å². The fourth-order valence-corrected chi connectivity index (χ4v) is 2.00. The molecule has 0 aliphatic carbocycles. The van der Waals surface area contributed by atoms with Crippen molar-refractivity contribution in [2.75, 3.05) is 19.4 Å². The average molecular weight is 280 g/mol. The summed E-state index contributed by atoms with van der Waals surface area (Å²) in [6.07, 6.45) is 0.805. The Balaban J connectivity index is 2.72. The predicted molar refractivity (Wildman–Crippen MR) is 79.5 cm³/mol. The first-order valence-corrected chi connectivity index (χ1v) is 7.05. The Bertz CT molecular complexity index is 461. The molecule has 0 spiro atoms. The fraction of sp³-hybridized carbons (Fsp3) is 0.429. The number of amides is 2. The Labute approximate surface area is 118 Å². The molecule has 0 heterocycles. The van der Waals surface area contributed by atoms with E-state index in [1.807, 2.05) is 38.1 Å². The third-order valence-corrected chi connectivity index (χ3v) is 3.76. The number of thioether (sulfide) groups is 1. The van der Waals surface area contributed by atoms with Crippen LogP contribution in [-0.4, -0.2) is 30.1 Å². The van der Waals surface area contributed by atoms with Crippen LogP contribution in [0, 0.1) is 5.92 Å². The quantitative estimate of drug-likeness (QED) is 0.859. The van der Waals surface area contributed by atoms with Crippen molar-refractivity contribution in [1.29, 1.82) is 0 Å². The Kier molecular flexibility index (Phi) is 5.89. The summed E-state index contributed by atoms with van der Waals surface area (Å²) in [4.78, 5) is 25.7. The zero-order valence-corrected chi connectivity index (χ0v) is 12.6. The van der Waals surface area contributed by atoms with Crippen molar-refractivity contribution in [2.24, 2.45) is 5.92 Å². The molecule has 1 aromatic rings. The molecule has 1 unspecified atom stereocenters. The lowest BCUT2D eigenvalue weighted by atomic mass is 10.1. The fourth-order valence-electron chi connectivity index (χ4n) is 1.28. The van der Waals surface area contributed by atoms with Crippen LogP contribution in [0.5, 0.6) is 0 Å². The minimum Gasteiger partial charge on any atom is -0.339 e. The second-order valence-electron chi connectivity index (χ2n) is 4.59. The van der Waals surface area contributed by atoms with Crippen molar-refractivity contribution < 1.29 is 9.59 Å². The summed E-state index contributed by atoms with van der Waals surface area (Å²) in [5.41, 5.74) is 0.724. The molecule has 104 valence electrons. The summed E-state index contributed by atoms with van der Waals surface area (Å²) in [7, 11) is 3.42. The van der Waals surface area contributed by atoms with Crippen LogP contribution >= 0.6 is 11.8 Å². The van der Waals surface area contributed by atoms with Crippen molar-refractivity contribution in [3.05, 3.63) is 24.3 Å². The Morgan fingerprint density at radius 1 is 1.37 bits per heavy atom. The standard InChI is InChI=1S/C14H20N2O2S/c1-5-10(2)13(17)15-11-7-6-8-12(9-11)19-14(18)16(3)4/h6-10H,5H2,1-4H3,(H,15,17). The summed E-state index contributed by atoms with van der Waals surface area (Å²) in [6.45, 7) is 3.87. The highest BCUT2D eigenvalue weighted by Gasteiger charge is 2.11. The number of hydrogen-bond donors (Lipinski definition) is 1. The van der Waals surface area contributed by atoms with Gasteiger partial charge in [-0.1, -0.05) is 19.9 Å². The lowest BCUT2D eigenvalue weighted by Crippen LogP contribution is -2.19. The highest BCUT2D eigenvalue weighted by Crippen LogP contribution is 2.23. The van der Waals surface area contributed by atoms with Crippen LogP contribution in [0.1, 0.15) is 20.3 Å². The summed E-state index contributed by atoms with van der Waals surface area (Å²) in [5.74, 6) is -0.0108.